The molecule has 11 heteroatoms. The van der Waals surface area contributed by atoms with E-state index in [-0.39, 0.29) is 0 Å². The summed E-state index contributed by atoms with van der Waals surface area (Å²) in [5.74, 6) is 0.150. The van der Waals surface area contributed by atoms with Crippen LogP contribution in [-0.2, 0) is 14.3 Å². The van der Waals surface area contributed by atoms with Gasteiger partial charge in [0.05, 0.1) is 32.7 Å². The Morgan fingerprint density at radius 1 is 1.06 bits per heavy atom. The van der Waals surface area contributed by atoms with Gasteiger partial charge >= 0.3 is 5.97 Å². The number of amides is 1. The molecule has 0 saturated carbocycles. The zero-order chi connectivity index (χ0) is 23.8. The highest BCUT2D eigenvalue weighted by molar-refractivity contribution is 6.31. The molecule has 0 saturated heterocycles. The predicted octanol–water partition coefficient (Wildman–Crippen LogP) is 3.14. The molecule has 0 radical (unpaired) electrons. The van der Waals surface area contributed by atoms with Crippen LogP contribution in [0.25, 0.3) is 11.8 Å². The monoisotopic (exact) mass is 472 g/mol. The molecule has 1 N–H and O–H groups in total. The van der Waals surface area contributed by atoms with Crippen LogP contribution in [0.2, 0.25) is 5.02 Å². The molecule has 0 atom stereocenters. The molecule has 1 heterocycles. The predicted molar refractivity (Wildman–Crippen MR) is 121 cm³/mol. The number of hydrogen-bond acceptors (Lipinski definition) is 8. The summed E-state index contributed by atoms with van der Waals surface area (Å²) in [5, 5.41) is 7.10. The van der Waals surface area contributed by atoms with E-state index in [4.69, 9.17) is 30.5 Å². The zero-order valence-corrected chi connectivity index (χ0v) is 18.8. The molecule has 0 unspecified atom stereocenters. The molecule has 3 rings (SSSR count). The minimum absolute atomic E-state index is 0.389. The first-order valence-electron chi connectivity index (χ1n) is 9.54. The van der Waals surface area contributed by atoms with Gasteiger partial charge in [0.2, 0.25) is 0 Å². The average molecular weight is 473 g/mol. The highest BCUT2D eigenvalue weighted by Gasteiger charge is 2.13. The van der Waals surface area contributed by atoms with Gasteiger partial charge in [-0.25, -0.2) is 14.5 Å². The summed E-state index contributed by atoms with van der Waals surface area (Å²) < 4.78 is 22.3. The lowest BCUT2D eigenvalue weighted by Gasteiger charge is -2.12. The van der Waals surface area contributed by atoms with Crippen LogP contribution in [0.4, 0.5) is 5.69 Å². The number of methoxy groups -OCH3 is 3. The number of esters is 1. The first-order chi connectivity index (χ1) is 15.9. The molecule has 0 fully saturated rings. The summed E-state index contributed by atoms with van der Waals surface area (Å²) in [5.41, 5.74) is 1.50. The van der Waals surface area contributed by atoms with E-state index in [1.54, 1.807) is 30.3 Å². The summed E-state index contributed by atoms with van der Waals surface area (Å²) in [6, 6.07) is 8.18. The molecule has 1 aromatic heterocycles. The second-order valence-corrected chi connectivity index (χ2v) is 6.88. The normalized spacial score (nSPS) is 10.7. The zero-order valence-electron chi connectivity index (χ0n) is 18.1. The van der Waals surface area contributed by atoms with Crippen molar-refractivity contribution in [2.45, 2.75) is 0 Å². The number of nitrogens with one attached hydrogen (secondary N) is 1. The van der Waals surface area contributed by atoms with Crippen molar-refractivity contribution in [3.05, 3.63) is 59.6 Å². The smallest absolute Gasteiger partial charge is 0.331 e. The van der Waals surface area contributed by atoms with Gasteiger partial charge in [0.15, 0.2) is 18.1 Å². The van der Waals surface area contributed by atoms with Crippen molar-refractivity contribution in [2.24, 2.45) is 0 Å². The van der Waals surface area contributed by atoms with Crippen LogP contribution in [0.15, 0.2) is 49.1 Å². The number of carbonyl (C=O) groups is 2. The molecule has 0 spiro atoms. The van der Waals surface area contributed by atoms with Crippen LogP contribution in [-0.4, -0.2) is 54.6 Å². The fourth-order valence-electron chi connectivity index (χ4n) is 2.85. The van der Waals surface area contributed by atoms with E-state index in [1.165, 1.54) is 50.8 Å². The van der Waals surface area contributed by atoms with Crippen LogP contribution < -0.4 is 19.5 Å². The van der Waals surface area contributed by atoms with E-state index in [0.29, 0.717) is 39.2 Å². The van der Waals surface area contributed by atoms with Crippen molar-refractivity contribution in [3.63, 3.8) is 0 Å². The van der Waals surface area contributed by atoms with Gasteiger partial charge in [-0.1, -0.05) is 11.6 Å². The molecule has 33 heavy (non-hydrogen) atoms. The molecule has 10 nitrogen and oxygen atoms in total. The van der Waals surface area contributed by atoms with Crippen molar-refractivity contribution in [3.8, 4) is 22.9 Å². The maximum atomic E-state index is 12.3. The van der Waals surface area contributed by atoms with Gasteiger partial charge in [-0.15, -0.1) is 0 Å². The Morgan fingerprint density at radius 3 is 2.45 bits per heavy atom. The Labute approximate surface area is 194 Å². The summed E-state index contributed by atoms with van der Waals surface area (Å²) in [6.45, 7) is -0.504. The maximum absolute atomic E-state index is 12.3. The van der Waals surface area contributed by atoms with Crippen molar-refractivity contribution in [2.75, 3.05) is 33.3 Å². The van der Waals surface area contributed by atoms with Crippen LogP contribution in [0, 0.1) is 0 Å². The van der Waals surface area contributed by atoms with E-state index in [0.717, 1.165) is 0 Å². The first kappa shape index (κ1) is 23.6. The molecule has 0 bridgehead atoms. The van der Waals surface area contributed by atoms with Crippen molar-refractivity contribution in [1.29, 1.82) is 0 Å². The van der Waals surface area contributed by atoms with Gasteiger partial charge in [0.1, 0.15) is 18.4 Å². The van der Waals surface area contributed by atoms with E-state index in [9.17, 15) is 9.59 Å². The Hall–Kier alpha value is -4.05. The van der Waals surface area contributed by atoms with Crippen molar-refractivity contribution in [1.82, 2.24) is 14.8 Å². The minimum Gasteiger partial charge on any atom is -0.496 e. The number of aromatic nitrogens is 3. The topological polar surface area (TPSA) is 114 Å². The number of anilines is 1. The third-order valence-electron chi connectivity index (χ3n) is 4.38. The van der Waals surface area contributed by atoms with Gasteiger partial charge in [-0.3, -0.25) is 4.79 Å². The van der Waals surface area contributed by atoms with Gasteiger partial charge in [-0.2, -0.15) is 5.10 Å². The quantitative estimate of drug-likeness (QED) is 0.373. The van der Waals surface area contributed by atoms with Crippen LogP contribution >= 0.6 is 11.6 Å². The molecule has 0 aliphatic carbocycles. The number of hydrogen-bond donors (Lipinski definition) is 1. The molecular weight excluding hydrogens is 452 g/mol. The standard InChI is InChI=1S/C22H21ClN4O6/c1-30-18-10-20(32-3)19(31-2)8-14(18)4-7-22(29)33-11-21(28)26-16-9-15(23)5-6-17(16)27-13-24-12-25-27/h4-10,12-13H,11H2,1-3H3,(H,26,28)/b7-4+. The lowest BCUT2D eigenvalue weighted by Crippen LogP contribution is -2.21. The number of rotatable bonds is 9. The van der Waals surface area contributed by atoms with E-state index in [1.807, 2.05) is 0 Å². The largest absolute Gasteiger partial charge is 0.496 e. The van der Waals surface area contributed by atoms with Crippen LogP contribution in [0.3, 0.4) is 0 Å². The minimum atomic E-state index is -0.718. The van der Waals surface area contributed by atoms with Crippen molar-refractivity contribution >= 4 is 35.2 Å². The summed E-state index contributed by atoms with van der Waals surface area (Å²) in [6.07, 6.45) is 5.51. The molecular formula is C22H21ClN4O6. The van der Waals surface area contributed by atoms with Crippen molar-refractivity contribution < 1.29 is 28.5 Å². The Morgan fingerprint density at radius 2 is 1.79 bits per heavy atom. The fourth-order valence-corrected chi connectivity index (χ4v) is 3.02. The molecule has 1 amide bonds. The number of halogens is 1. The highest BCUT2D eigenvalue weighted by Crippen LogP contribution is 2.35. The van der Waals surface area contributed by atoms with E-state index >= 15 is 0 Å². The first-order valence-corrected chi connectivity index (χ1v) is 9.92. The number of benzene rings is 2. The Kier molecular flexibility index (Phi) is 7.87. The third kappa shape index (κ3) is 6.01. The van der Waals surface area contributed by atoms with E-state index in [2.05, 4.69) is 15.4 Å². The number of ether oxygens (including phenoxy) is 4. The molecule has 0 aliphatic heterocycles. The number of nitrogens with zero attached hydrogens (tertiary/aromatic N) is 3. The lowest BCUT2D eigenvalue weighted by molar-refractivity contribution is -0.142. The van der Waals surface area contributed by atoms with Gasteiger partial charge < -0.3 is 24.3 Å². The summed E-state index contributed by atoms with van der Waals surface area (Å²) in [4.78, 5) is 28.3. The SMILES string of the molecule is COc1cc(OC)c(OC)cc1/C=C/C(=O)OCC(=O)Nc1cc(Cl)ccc1-n1cncn1. The Bertz CT molecular complexity index is 1160. The molecule has 172 valence electrons. The second kappa shape index (κ2) is 11.0. The van der Waals surface area contributed by atoms with Gasteiger partial charge in [0.25, 0.3) is 5.91 Å². The maximum Gasteiger partial charge on any atom is 0.331 e. The molecule has 2 aromatic carbocycles. The van der Waals surface area contributed by atoms with E-state index < -0.39 is 18.5 Å². The average Bonchev–Trinajstić information content (AvgIpc) is 3.35. The third-order valence-corrected chi connectivity index (χ3v) is 4.61. The Balaban J connectivity index is 1.64. The molecule has 0 aliphatic rings. The highest BCUT2D eigenvalue weighted by atomic mass is 35.5. The van der Waals surface area contributed by atoms with Crippen LogP contribution in [0.5, 0.6) is 17.2 Å². The lowest BCUT2D eigenvalue weighted by atomic mass is 10.1. The fraction of sp³-hybridized carbons (Fsp3) is 0.182. The summed E-state index contributed by atoms with van der Waals surface area (Å²) >= 11 is 6.04. The van der Waals surface area contributed by atoms with Gasteiger partial charge in [-0.05, 0) is 30.3 Å². The van der Waals surface area contributed by atoms with Gasteiger partial charge in [0, 0.05) is 22.7 Å². The summed E-state index contributed by atoms with van der Waals surface area (Å²) in [7, 11) is 4.50. The number of carbonyl (C=O) groups excluding carboxylic acids is 2. The second-order valence-electron chi connectivity index (χ2n) is 6.44. The molecule has 3 aromatic rings. The van der Waals surface area contributed by atoms with Crippen LogP contribution in [0.1, 0.15) is 5.56 Å².